The Labute approximate surface area is 208 Å². The number of ketones is 2. The third-order valence-electron chi connectivity index (χ3n) is 9.02. The second-order valence-corrected chi connectivity index (χ2v) is 11.3. The van der Waals surface area contributed by atoms with Crippen LogP contribution in [0.3, 0.4) is 0 Å². The number of aldehydes is 1. The van der Waals surface area contributed by atoms with Crippen LogP contribution in [0.15, 0.2) is 36.4 Å². The van der Waals surface area contributed by atoms with Crippen molar-refractivity contribution in [2.45, 2.75) is 45.6 Å². The summed E-state index contributed by atoms with van der Waals surface area (Å²) in [5.74, 6) is -4.54. The molecule has 1 aromatic rings. The molecule has 0 unspecified atom stereocenters. The third-order valence-corrected chi connectivity index (χ3v) is 9.35. The maximum Gasteiger partial charge on any atom is 0.339 e. The molecule has 1 aliphatic heterocycles. The van der Waals surface area contributed by atoms with E-state index in [2.05, 4.69) is 6.58 Å². The molecule has 3 saturated carbocycles. The average Bonchev–Trinajstić information content (AvgIpc) is 2.93. The minimum absolute atomic E-state index is 0.102. The zero-order valence-electron chi connectivity index (χ0n) is 19.7. The van der Waals surface area contributed by atoms with Crippen LogP contribution in [-0.4, -0.2) is 42.5 Å². The highest BCUT2D eigenvalue weighted by molar-refractivity contribution is 6.33. The van der Waals surface area contributed by atoms with E-state index in [4.69, 9.17) is 21.1 Å². The summed E-state index contributed by atoms with van der Waals surface area (Å²) in [5, 5.41) is 0.174. The Kier molecular flexibility index (Phi) is 5.37. The van der Waals surface area contributed by atoms with Gasteiger partial charge in [0.25, 0.3) is 0 Å². The van der Waals surface area contributed by atoms with Gasteiger partial charge in [-0.25, -0.2) is 4.79 Å². The normalized spacial score (nSPS) is 37.6. The molecule has 8 heteroatoms. The first-order valence-corrected chi connectivity index (χ1v) is 12.3. The fourth-order valence-corrected chi connectivity index (χ4v) is 7.51. The maximum absolute atomic E-state index is 13.8. The van der Waals surface area contributed by atoms with E-state index in [0.717, 1.165) is 6.29 Å². The quantitative estimate of drug-likeness (QED) is 0.270. The number of halogens is 1. The Morgan fingerprint density at radius 1 is 1.20 bits per heavy atom. The monoisotopic (exact) mass is 498 g/mol. The number of carbonyl (C=O) groups is 5. The number of ether oxygens (including phenoxy) is 2. The molecule has 6 atom stereocenters. The topological polar surface area (TPSA) is 104 Å². The van der Waals surface area contributed by atoms with Gasteiger partial charge in [-0.1, -0.05) is 44.2 Å². The highest BCUT2D eigenvalue weighted by Crippen LogP contribution is 2.67. The molecule has 0 radical (unpaired) electrons. The fraction of sp³-hybridized carbons (Fsp3) is 0.519. The Hall–Kier alpha value is -2.80. The summed E-state index contributed by atoms with van der Waals surface area (Å²) in [5.41, 5.74) is -3.54. The Morgan fingerprint density at radius 3 is 2.60 bits per heavy atom. The van der Waals surface area contributed by atoms with E-state index in [0.29, 0.717) is 19.3 Å². The number of esters is 2. The highest BCUT2D eigenvalue weighted by atomic mass is 35.5. The van der Waals surface area contributed by atoms with Gasteiger partial charge in [-0.15, -0.1) is 0 Å². The molecule has 0 N–H and O–H groups in total. The van der Waals surface area contributed by atoms with Crippen LogP contribution in [0.1, 0.15) is 49.9 Å². The number of hydrogen-bond acceptors (Lipinski definition) is 7. The summed E-state index contributed by atoms with van der Waals surface area (Å²) in [6.07, 6.45) is 1.04. The van der Waals surface area contributed by atoms with E-state index in [9.17, 15) is 24.0 Å². The number of benzene rings is 1. The van der Waals surface area contributed by atoms with Crippen molar-refractivity contribution in [3.8, 4) is 0 Å². The first kappa shape index (κ1) is 23.9. The molecule has 1 aromatic carbocycles. The van der Waals surface area contributed by atoms with E-state index < -0.39 is 57.8 Å². The largest absolute Gasteiger partial charge is 0.464 e. The van der Waals surface area contributed by atoms with Crippen LogP contribution in [0.4, 0.5) is 0 Å². The zero-order valence-corrected chi connectivity index (χ0v) is 20.4. The second kappa shape index (κ2) is 7.85. The van der Waals surface area contributed by atoms with E-state index in [1.54, 1.807) is 18.2 Å². The van der Waals surface area contributed by atoms with Crippen molar-refractivity contribution in [2.24, 2.45) is 34.0 Å². The maximum atomic E-state index is 13.8. The molecule has 5 rings (SSSR count). The summed E-state index contributed by atoms with van der Waals surface area (Å²) >= 11 is 6.19. The van der Waals surface area contributed by atoms with Gasteiger partial charge in [-0.2, -0.15) is 0 Å². The fourth-order valence-electron chi connectivity index (χ4n) is 7.30. The van der Waals surface area contributed by atoms with Gasteiger partial charge in [0.05, 0.1) is 16.0 Å². The molecule has 4 aliphatic rings. The summed E-state index contributed by atoms with van der Waals surface area (Å²) in [6, 6.07) is 6.34. The molecule has 2 spiro atoms. The highest BCUT2D eigenvalue weighted by Gasteiger charge is 2.78. The molecule has 184 valence electrons. The first-order valence-electron chi connectivity index (χ1n) is 11.9. The molecular formula is C27H27ClO7. The van der Waals surface area contributed by atoms with E-state index >= 15 is 0 Å². The van der Waals surface area contributed by atoms with Gasteiger partial charge >= 0.3 is 11.9 Å². The molecule has 4 fully saturated rings. The van der Waals surface area contributed by atoms with Gasteiger partial charge in [0, 0.05) is 24.2 Å². The lowest BCUT2D eigenvalue weighted by Gasteiger charge is -2.59. The van der Waals surface area contributed by atoms with Crippen molar-refractivity contribution < 1.29 is 33.4 Å². The second-order valence-electron chi connectivity index (χ2n) is 10.9. The summed E-state index contributed by atoms with van der Waals surface area (Å²) in [6.45, 7) is 7.50. The van der Waals surface area contributed by atoms with Crippen LogP contribution >= 0.6 is 11.6 Å². The van der Waals surface area contributed by atoms with Crippen LogP contribution in [-0.2, 0) is 28.7 Å². The van der Waals surface area contributed by atoms with Gasteiger partial charge in [-0.3, -0.25) is 14.4 Å². The number of hydrogen-bond donors (Lipinski definition) is 0. The first-order chi connectivity index (χ1) is 16.5. The van der Waals surface area contributed by atoms with Gasteiger partial charge in [0.1, 0.15) is 24.8 Å². The molecular weight excluding hydrogens is 472 g/mol. The molecule has 1 saturated heterocycles. The Bertz CT molecular complexity index is 1190. The summed E-state index contributed by atoms with van der Waals surface area (Å²) in [7, 11) is 0. The Morgan fingerprint density at radius 2 is 1.91 bits per heavy atom. The minimum Gasteiger partial charge on any atom is -0.464 e. The van der Waals surface area contributed by atoms with Crippen LogP contribution < -0.4 is 0 Å². The van der Waals surface area contributed by atoms with Crippen molar-refractivity contribution in [1.29, 1.82) is 0 Å². The average molecular weight is 499 g/mol. The molecule has 3 aliphatic carbocycles. The van der Waals surface area contributed by atoms with Crippen LogP contribution in [0.25, 0.3) is 0 Å². The van der Waals surface area contributed by atoms with E-state index in [1.807, 2.05) is 13.8 Å². The molecule has 2 bridgehead atoms. The molecule has 0 amide bonds. The molecule has 35 heavy (non-hydrogen) atoms. The Balaban J connectivity index is 1.67. The van der Waals surface area contributed by atoms with Crippen molar-refractivity contribution in [2.75, 3.05) is 6.61 Å². The van der Waals surface area contributed by atoms with Crippen LogP contribution in [0, 0.1) is 34.0 Å². The number of cyclic esters (lactones) is 1. The predicted molar refractivity (Wildman–Crippen MR) is 124 cm³/mol. The van der Waals surface area contributed by atoms with Gasteiger partial charge in [-0.05, 0) is 42.4 Å². The molecule has 7 nitrogen and oxygen atoms in total. The van der Waals surface area contributed by atoms with Crippen molar-refractivity contribution in [3.05, 3.63) is 47.0 Å². The molecule has 1 heterocycles. The summed E-state index contributed by atoms with van der Waals surface area (Å²) in [4.78, 5) is 66.7. The lowest BCUT2D eigenvalue weighted by molar-refractivity contribution is -0.220. The third kappa shape index (κ3) is 2.94. The lowest BCUT2D eigenvalue weighted by Crippen LogP contribution is -2.70. The lowest BCUT2D eigenvalue weighted by atomic mass is 9.44. The minimum atomic E-state index is -1.92. The van der Waals surface area contributed by atoms with Gasteiger partial charge < -0.3 is 14.3 Å². The number of carbonyl (C=O) groups excluding carboxylic acids is 5. The van der Waals surface area contributed by atoms with Crippen LogP contribution in [0.2, 0.25) is 5.02 Å². The van der Waals surface area contributed by atoms with Gasteiger partial charge in [0.2, 0.25) is 0 Å². The SMILES string of the molecule is C=C1C(=O)[C@@]23C(=O)OC[C@]4(C(=O)CCC(C)(C)[C@H]4C=O)[C@@H]2CC[C@@H]1[C@H]3OC(=O)c1ccccc1Cl. The standard InChI is InChI=1S/C27H27ClO7/c1-14-15-8-9-18-26(19(12-29)25(2,3)11-10-20(26)30)13-34-24(33)27(18,21(14)31)22(15)35-23(32)16-6-4-5-7-17(16)28/h4-7,12,15,18-19,22H,1,8-11,13H2,2-3H3/t15-,18-,19+,22+,26-,27-/m0/s1. The smallest absolute Gasteiger partial charge is 0.339 e. The van der Waals surface area contributed by atoms with Crippen molar-refractivity contribution in [3.63, 3.8) is 0 Å². The van der Waals surface area contributed by atoms with Crippen molar-refractivity contribution in [1.82, 2.24) is 0 Å². The van der Waals surface area contributed by atoms with Crippen molar-refractivity contribution >= 4 is 41.4 Å². The number of fused-ring (bicyclic) bond motifs is 2. The van der Waals surface area contributed by atoms with E-state index in [1.165, 1.54) is 6.07 Å². The number of Topliss-reactive ketones (excluding diaryl/α,β-unsaturated/α-hetero) is 2. The summed E-state index contributed by atoms with van der Waals surface area (Å²) < 4.78 is 11.5. The predicted octanol–water partition coefficient (Wildman–Crippen LogP) is 3.76. The van der Waals surface area contributed by atoms with E-state index in [-0.39, 0.29) is 35.0 Å². The van der Waals surface area contributed by atoms with Crippen LogP contribution in [0.5, 0.6) is 0 Å². The molecule has 0 aromatic heterocycles. The number of rotatable bonds is 3. The van der Waals surface area contributed by atoms with Gasteiger partial charge in [0.15, 0.2) is 11.2 Å². The zero-order chi connectivity index (χ0) is 25.3.